The summed E-state index contributed by atoms with van der Waals surface area (Å²) in [5.41, 5.74) is 8.94. The highest BCUT2D eigenvalue weighted by Gasteiger charge is 2.31. The molecule has 0 aliphatic rings. The van der Waals surface area contributed by atoms with Gasteiger partial charge >= 0.3 is 12.1 Å². The molecule has 59 heavy (non-hydrogen) atoms. The van der Waals surface area contributed by atoms with E-state index in [0.717, 1.165) is 16.7 Å². The lowest BCUT2D eigenvalue weighted by Crippen LogP contribution is -2.52. The Balaban J connectivity index is 1.38. The summed E-state index contributed by atoms with van der Waals surface area (Å²) >= 11 is 0. The van der Waals surface area contributed by atoms with E-state index in [9.17, 15) is 32.0 Å². The second-order valence-electron chi connectivity index (χ2n) is 14.4. The molecule has 18 heteroatoms. The normalized spacial score (nSPS) is 13.1. The standard InChI is InChI=1S/C41H46FN7O9S/c1-23(2)35(43)38(51)46-36(24(3)4)39(52)57-22-58-41(53)49(32-18-17-31(59(7,54)55)20-33(32)56-6)40-45-34-19-12-28(21-48(34)47-40)27-10-15-30(16-11-27)44-37(50)25(5)26-8-13-29(42)14-9-26/h8-21,23-25,35-36H,22,43H2,1-7H3,(H,44,50)(H,46,51). The van der Waals surface area contributed by atoms with E-state index in [2.05, 4.69) is 20.7 Å². The Kier molecular flexibility index (Phi) is 13.7. The number of nitrogens with two attached hydrogens (primary N) is 1. The molecule has 0 fully saturated rings. The number of nitrogens with one attached hydrogen (secondary N) is 2. The molecule has 5 rings (SSSR count). The number of fused-ring (bicyclic) bond motifs is 1. The number of aromatic nitrogens is 3. The molecule has 0 aliphatic carbocycles. The number of pyridine rings is 1. The number of hydrogen-bond acceptors (Lipinski definition) is 12. The Morgan fingerprint density at radius 2 is 1.53 bits per heavy atom. The molecule has 0 saturated carbocycles. The van der Waals surface area contributed by atoms with E-state index < -0.39 is 58.5 Å². The van der Waals surface area contributed by atoms with Crippen molar-refractivity contribution in [1.29, 1.82) is 0 Å². The van der Waals surface area contributed by atoms with Crippen LogP contribution in [0.5, 0.6) is 5.75 Å². The van der Waals surface area contributed by atoms with Crippen LogP contribution in [0.1, 0.15) is 46.1 Å². The van der Waals surface area contributed by atoms with Crippen LogP contribution in [0.25, 0.3) is 16.8 Å². The Morgan fingerprint density at radius 3 is 2.14 bits per heavy atom. The smallest absolute Gasteiger partial charge is 0.424 e. The van der Waals surface area contributed by atoms with Gasteiger partial charge in [-0.2, -0.15) is 4.98 Å². The second kappa shape index (κ2) is 18.5. The molecule has 0 aliphatic heterocycles. The number of sulfone groups is 1. The molecule has 3 atom stereocenters. The average Bonchev–Trinajstić information content (AvgIpc) is 3.62. The van der Waals surface area contributed by atoms with Gasteiger partial charge in [-0.1, -0.05) is 52.0 Å². The van der Waals surface area contributed by atoms with Crippen molar-refractivity contribution in [3.63, 3.8) is 0 Å². The van der Waals surface area contributed by atoms with Crippen LogP contribution in [0.4, 0.5) is 26.5 Å². The third kappa shape index (κ3) is 10.6. The zero-order valence-corrected chi connectivity index (χ0v) is 34.3. The van der Waals surface area contributed by atoms with Gasteiger partial charge in [0.25, 0.3) is 5.95 Å². The Bertz CT molecular complexity index is 2440. The predicted octanol–water partition coefficient (Wildman–Crippen LogP) is 5.59. The number of rotatable bonds is 15. The van der Waals surface area contributed by atoms with E-state index in [0.29, 0.717) is 22.5 Å². The monoisotopic (exact) mass is 831 g/mol. The van der Waals surface area contributed by atoms with Crippen LogP contribution in [0, 0.1) is 17.7 Å². The van der Waals surface area contributed by atoms with Gasteiger partial charge in [0, 0.05) is 29.8 Å². The highest BCUT2D eigenvalue weighted by molar-refractivity contribution is 7.90. The largest absolute Gasteiger partial charge is 0.495 e. The highest BCUT2D eigenvalue weighted by atomic mass is 32.2. The second-order valence-corrected chi connectivity index (χ2v) is 16.4. The number of carbonyl (C=O) groups is 4. The number of esters is 1. The minimum absolute atomic E-state index is 0.00809. The molecule has 0 radical (unpaired) electrons. The van der Waals surface area contributed by atoms with Crippen molar-refractivity contribution in [2.75, 3.05) is 30.4 Å². The Morgan fingerprint density at radius 1 is 0.864 bits per heavy atom. The first kappa shape index (κ1) is 43.7. The van der Waals surface area contributed by atoms with Crippen molar-refractivity contribution in [2.24, 2.45) is 17.6 Å². The van der Waals surface area contributed by atoms with Crippen molar-refractivity contribution in [3.8, 4) is 16.9 Å². The number of carbonyl (C=O) groups excluding carboxylic acids is 4. The Labute approximate surface area is 340 Å². The Hall–Kier alpha value is -6.40. The predicted molar refractivity (Wildman–Crippen MR) is 217 cm³/mol. The van der Waals surface area contributed by atoms with Crippen LogP contribution in [0.15, 0.2) is 90.0 Å². The van der Waals surface area contributed by atoms with Gasteiger partial charge in [-0.25, -0.2) is 31.8 Å². The van der Waals surface area contributed by atoms with Crippen molar-refractivity contribution < 1.29 is 46.2 Å². The fourth-order valence-corrected chi connectivity index (χ4v) is 6.38. The maximum atomic E-state index is 13.8. The molecular formula is C41H46FN7O9S. The van der Waals surface area contributed by atoms with Gasteiger partial charge in [-0.15, -0.1) is 5.10 Å². The van der Waals surface area contributed by atoms with E-state index >= 15 is 0 Å². The van der Waals surface area contributed by atoms with Crippen LogP contribution in [-0.2, 0) is 33.7 Å². The number of anilines is 3. The number of amides is 3. The molecule has 0 bridgehead atoms. The summed E-state index contributed by atoms with van der Waals surface area (Å²) in [4.78, 5) is 57.7. The van der Waals surface area contributed by atoms with E-state index in [1.165, 1.54) is 42.0 Å². The molecule has 3 unspecified atom stereocenters. The first-order chi connectivity index (χ1) is 27.9. The summed E-state index contributed by atoms with van der Waals surface area (Å²) in [6, 6.07) is 18.1. The number of methoxy groups -OCH3 is 1. The van der Waals surface area contributed by atoms with E-state index in [-0.39, 0.29) is 39.9 Å². The lowest BCUT2D eigenvalue weighted by molar-refractivity contribution is -0.157. The molecule has 0 saturated heterocycles. The molecule has 2 aromatic heterocycles. The molecular weight excluding hydrogens is 786 g/mol. The van der Waals surface area contributed by atoms with Crippen LogP contribution in [0.2, 0.25) is 0 Å². The third-order valence-electron chi connectivity index (χ3n) is 9.39. The van der Waals surface area contributed by atoms with Crippen LogP contribution < -0.4 is 26.0 Å². The number of halogens is 1. The number of nitrogens with zero attached hydrogens (tertiary/aromatic N) is 4. The van der Waals surface area contributed by atoms with Crippen LogP contribution in [-0.4, -0.2) is 79.1 Å². The van der Waals surface area contributed by atoms with Gasteiger partial charge in [-0.05, 0) is 78.4 Å². The van der Waals surface area contributed by atoms with Crippen LogP contribution >= 0.6 is 0 Å². The van der Waals surface area contributed by atoms with E-state index in [1.807, 2.05) is 0 Å². The summed E-state index contributed by atoms with van der Waals surface area (Å²) in [5, 5.41) is 9.98. The van der Waals surface area contributed by atoms with Gasteiger partial charge in [0.2, 0.25) is 18.6 Å². The number of hydrogen-bond donors (Lipinski definition) is 3. The SMILES string of the molecule is COc1cc(S(C)(=O)=O)ccc1N(C(=O)OCOC(=O)C(NC(=O)C(N)C(C)C)C(C)C)c1nc2ccc(-c3ccc(NC(=O)C(C)c4ccc(F)cc4)cc3)cn2n1. The molecule has 16 nitrogen and oxygen atoms in total. The zero-order chi connectivity index (χ0) is 43.2. The minimum Gasteiger partial charge on any atom is -0.495 e. The maximum Gasteiger partial charge on any atom is 0.424 e. The number of benzene rings is 3. The van der Waals surface area contributed by atoms with Gasteiger partial charge in [0.05, 0.1) is 29.7 Å². The van der Waals surface area contributed by atoms with Crippen molar-refractivity contribution in [1.82, 2.24) is 19.9 Å². The average molecular weight is 832 g/mol. The lowest BCUT2D eigenvalue weighted by Gasteiger charge is -2.24. The van der Waals surface area contributed by atoms with Gasteiger partial charge in [0.15, 0.2) is 15.5 Å². The molecule has 312 valence electrons. The van der Waals surface area contributed by atoms with Crippen molar-refractivity contribution in [2.45, 2.75) is 57.5 Å². The summed E-state index contributed by atoms with van der Waals surface area (Å²) in [6.45, 7) is 7.79. The molecule has 2 heterocycles. The van der Waals surface area contributed by atoms with Gasteiger partial charge < -0.3 is 30.6 Å². The summed E-state index contributed by atoms with van der Waals surface area (Å²) in [5.74, 6) is -3.41. The molecule has 3 aromatic carbocycles. The van der Waals surface area contributed by atoms with Gasteiger partial charge in [-0.3, -0.25) is 9.59 Å². The maximum absolute atomic E-state index is 13.8. The lowest BCUT2D eigenvalue weighted by atomic mass is 10.00. The summed E-state index contributed by atoms with van der Waals surface area (Å²) in [7, 11) is -2.39. The quantitative estimate of drug-likeness (QED) is 0.0870. The van der Waals surface area contributed by atoms with Gasteiger partial charge in [0.1, 0.15) is 17.6 Å². The fraction of sp³-hybridized carbons (Fsp3) is 0.317. The van der Waals surface area contributed by atoms with Crippen molar-refractivity contribution in [3.05, 3.63) is 96.4 Å². The topological polar surface area (TPSA) is 214 Å². The number of ether oxygens (including phenoxy) is 3. The molecule has 5 aromatic rings. The fourth-order valence-electron chi connectivity index (χ4n) is 5.74. The van der Waals surface area contributed by atoms with E-state index in [1.54, 1.807) is 89.3 Å². The third-order valence-corrected chi connectivity index (χ3v) is 10.5. The first-order valence-corrected chi connectivity index (χ1v) is 20.4. The summed E-state index contributed by atoms with van der Waals surface area (Å²) in [6.07, 6.45) is 1.57. The van der Waals surface area contributed by atoms with E-state index in [4.69, 9.17) is 19.9 Å². The van der Waals surface area contributed by atoms with Crippen LogP contribution in [0.3, 0.4) is 0 Å². The van der Waals surface area contributed by atoms with Crippen molar-refractivity contribution >= 4 is 56.7 Å². The molecule has 0 spiro atoms. The minimum atomic E-state index is -3.68. The molecule has 3 amide bonds. The highest BCUT2D eigenvalue weighted by Crippen LogP contribution is 2.35. The first-order valence-electron chi connectivity index (χ1n) is 18.5. The zero-order valence-electron chi connectivity index (χ0n) is 33.5. The molecule has 4 N–H and O–H groups in total. The summed E-state index contributed by atoms with van der Waals surface area (Å²) < 4.78 is 55.6.